The lowest BCUT2D eigenvalue weighted by Crippen LogP contribution is -2.31. The lowest BCUT2D eigenvalue weighted by atomic mass is 10.2. The Balaban J connectivity index is 1.84. The molecule has 0 fully saturated rings. The highest BCUT2D eigenvalue weighted by Crippen LogP contribution is 2.33. The van der Waals surface area contributed by atoms with Crippen molar-refractivity contribution < 1.29 is 4.57 Å². The van der Waals surface area contributed by atoms with Crippen LogP contribution in [-0.2, 0) is 6.54 Å². The van der Waals surface area contributed by atoms with Gasteiger partial charge >= 0.3 is 5.82 Å². The number of pyridine rings is 1. The summed E-state index contributed by atoms with van der Waals surface area (Å²) in [5, 5.41) is 4.59. The molecule has 0 saturated carbocycles. The van der Waals surface area contributed by atoms with E-state index >= 15 is 0 Å². The third-order valence-electron chi connectivity index (χ3n) is 4.91. The molecule has 0 amide bonds. The van der Waals surface area contributed by atoms with Crippen LogP contribution in [0.25, 0.3) is 33.9 Å². The van der Waals surface area contributed by atoms with E-state index < -0.39 is 0 Å². The van der Waals surface area contributed by atoms with Crippen LogP contribution >= 0.6 is 0 Å². The van der Waals surface area contributed by atoms with Gasteiger partial charge in [0.2, 0.25) is 0 Å². The highest BCUT2D eigenvalue weighted by atomic mass is 15.3. The molecule has 5 heteroatoms. The summed E-state index contributed by atoms with van der Waals surface area (Å²) in [6.07, 6.45) is 3.70. The van der Waals surface area contributed by atoms with Crippen LogP contribution in [0.4, 0.5) is 0 Å². The molecule has 0 bridgehead atoms. The summed E-state index contributed by atoms with van der Waals surface area (Å²) >= 11 is 0. The van der Waals surface area contributed by atoms with Crippen LogP contribution in [0.1, 0.15) is 5.56 Å². The van der Waals surface area contributed by atoms with Crippen molar-refractivity contribution in [1.82, 2.24) is 19.2 Å². The van der Waals surface area contributed by atoms with Crippen molar-refractivity contribution in [3.05, 3.63) is 78.6 Å². The number of rotatable bonds is 1. The first-order valence-electron chi connectivity index (χ1n) is 8.32. The molecule has 1 aliphatic heterocycles. The van der Waals surface area contributed by atoms with Crippen molar-refractivity contribution in [2.24, 2.45) is 0 Å². The summed E-state index contributed by atoms with van der Waals surface area (Å²) in [5.41, 5.74) is 6.77. The third kappa shape index (κ3) is 1.59. The summed E-state index contributed by atoms with van der Waals surface area (Å²) in [6, 6.07) is 20.9. The Morgan fingerprint density at radius 2 is 1.80 bits per heavy atom. The van der Waals surface area contributed by atoms with Crippen molar-refractivity contribution in [2.75, 3.05) is 0 Å². The third-order valence-corrected chi connectivity index (χ3v) is 4.91. The fourth-order valence-corrected chi connectivity index (χ4v) is 3.88. The molecular weight excluding hydrogens is 310 g/mol. The van der Waals surface area contributed by atoms with E-state index in [0.29, 0.717) is 0 Å². The van der Waals surface area contributed by atoms with E-state index in [1.807, 2.05) is 35.1 Å². The molecule has 0 N–H and O–H groups in total. The van der Waals surface area contributed by atoms with Gasteiger partial charge in [0.1, 0.15) is 12.2 Å². The predicted molar refractivity (Wildman–Crippen MR) is 94.6 cm³/mol. The molecule has 0 saturated heterocycles. The molecule has 5 aromatic rings. The Morgan fingerprint density at radius 3 is 2.72 bits per heavy atom. The van der Waals surface area contributed by atoms with Gasteiger partial charge in [0.25, 0.3) is 5.65 Å². The molecule has 5 nitrogen and oxygen atoms in total. The molecule has 0 radical (unpaired) electrons. The Hall–Kier alpha value is -3.47. The molecule has 0 unspecified atom stereocenters. The molecule has 118 valence electrons. The van der Waals surface area contributed by atoms with Gasteiger partial charge < -0.3 is 0 Å². The number of para-hydroxylation sites is 1. The van der Waals surface area contributed by atoms with Crippen LogP contribution in [0, 0.1) is 0 Å². The number of imidazole rings is 1. The average Bonchev–Trinajstić information content (AvgIpc) is 3.30. The molecule has 0 atom stereocenters. The standard InChI is InChI=1S/C20H14N5/c1-2-7-15(8-3-1)24-19-17(12-16-9-5-11-22-25(16)19)23-13-14-6-4-10-21-18(14)20(23)24/h1-12H,13H2/q+1. The van der Waals surface area contributed by atoms with Gasteiger partial charge in [-0.1, -0.05) is 24.3 Å². The van der Waals surface area contributed by atoms with Crippen LogP contribution in [0.5, 0.6) is 0 Å². The Morgan fingerprint density at radius 1 is 0.920 bits per heavy atom. The van der Waals surface area contributed by atoms with E-state index in [-0.39, 0.29) is 0 Å². The van der Waals surface area contributed by atoms with Gasteiger partial charge in [-0.3, -0.25) is 0 Å². The topological polar surface area (TPSA) is 39.0 Å². The van der Waals surface area contributed by atoms with E-state index in [2.05, 4.69) is 61.7 Å². The highest BCUT2D eigenvalue weighted by molar-refractivity contribution is 5.83. The average molecular weight is 324 g/mol. The minimum atomic E-state index is 0.839. The van der Waals surface area contributed by atoms with E-state index in [0.717, 1.165) is 34.9 Å². The zero-order valence-electron chi connectivity index (χ0n) is 13.4. The highest BCUT2D eigenvalue weighted by Gasteiger charge is 2.37. The first kappa shape index (κ1) is 12.9. The maximum absolute atomic E-state index is 4.67. The molecule has 1 aliphatic rings. The van der Waals surface area contributed by atoms with Crippen LogP contribution in [0.15, 0.2) is 73.1 Å². The SMILES string of the molecule is c1ccc(-n2c3[n+](c4cc5cccnn5c42)Cc2cccnc2-3)cc1. The smallest absolute Gasteiger partial charge is 0.248 e. The minimum absolute atomic E-state index is 0.839. The summed E-state index contributed by atoms with van der Waals surface area (Å²) in [7, 11) is 0. The summed E-state index contributed by atoms with van der Waals surface area (Å²) in [6.45, 7) is 0.839. The van der Waals surface area contributed by atoms with Crippen molar-refractivity contribution in [3.8, 4) is 17.2 Å². The van der Waals surface area contributed by atoms with E-state index in [1.54, 1.807) is 0 Å². The lowest BCUT2D eigenvalue weighted by molar-refractivity contribution is -0.645. The molecule has 5 heterocycles. The van der Waals surface area contributed by atoms with Crippen LogP contribution < -0.4 is 4.57 Å². The fourth-order valence-electron chi connectivity index (χ4n) is 3.88. The first-order chi connectivity index (χ1) is 12.4. The van der Waals surface area contributed by atoms with Crippen molar-refractivity contribution in [1.29, 1.82) is 0 Å². The maximum atomic E-state index is 4.67. The second kappa shape index (κ2) is 4.54. The van der Waals surface area contributed by atoms with Gasteiger partial charge in [-0.2, -0.15) is 14.2 Å². The molecule has 0 spiro atoms. The normalized spacial score (nSPS) is 12.6. The zero-order chi connectivity index (χ0) is 16.4. The molecule has 6 rings (SSSR count). The first-order valence-corrected chi connectivity index (χ1v) is 8.32. The summed E-state index contributed by atoms with van der Waals surface area (Å²) in [5.74, 6) is 1.12. The quantitative estimate of drug-likeness (QED) is 0.436. The van der Waals surface area contributed by atoms with Crippen LogP contribution in [0.3, 0.4) is 0 Å². The van der Waals surface area contributed by atoms with Crippen molar-refractivity contribution in [3.63, 3.8) is 0 Å². The molecule has 4 aromatic heterocycles. The fraction of sp³-hybridized carbons (Fsp3) is 0.0500. The van der Waals surface area contributed by atoms with Crippen molar-refractivity contribution in [2.45, 2.75) is 6.54 Å². The van der Waals surface area contributed by atoms with Gasteiger partial charge in [0.05, 0.1) is 5.52 Å². The van der Waals surface area contributed by atoms with Gasteiger partial charge in [-0.25, -0.2) is 9.55 Å². The number of hydrogen-bond donors (Lipinski definition) is 0. The van der Waals surface area contributed by atoms with E-state index in [4.69, 9.17) is 0 Å². The lowest BCUT2D eigenvalue weighted by Gasteiger charge is -2.01. The van der Waals surface area contributed by atoms with E-state index in [1.165, 1.54) is 11.1 Å². The Kier molecular flexibility index (Phi) is 2.34. The largest absolute Gasteiger partial charge is 0.315 e. The van der Waals surface area contributed by atoms with Gasteiger partial charge in [0.15, 0.2) is 11.2 Å². The van der Waals surface area contributed by atoms with Crippen molar-refractivity contribution >= 4 is 16.7 Å². The van der Waals surface area contributed by atoms with Crippen LogP contribution in [0.2, 0.25) is 0 Å². The Labute approximate surface area is 143 Å². The number of fused-ring (bicyclic) bond motifs is 7. The zero-order valence-corrected chi connectivity index (χ0v) is 13.4. The Bertz CT molecular complexity index is 1260. The van der Waals surface area contributed by atoms with Gasteiger partial charge in [0, 0.05) is 24.0 Å². The predicted octanol–water partition coefficient (Wildman–Crippen LogP) is 2.99. The molecule has 25 heavy (non-hydrogen) atoms. The van der Waals surface area contributed by atoms with Crippen LogP contribution in [-0.4, -0.2) is 19.2 Å². The number of hydrogen-bond acceptors (Lipinski definition) is 2. The molecule has 0 aliphatic carbocycles. The van der Waals surface area contributed by atoms with Gasteiger partial charge in [-0.15, -0.1) is 0 Å². The maximum Gasteiger partial charge on any atom is 0.315 e. The number of benzene rings is 1. The molecular formula is C20H14N5+. The molecule has 1 aromatic carbocycles. The summed E-state index contributed by atoms with van der Waals surface area (Å²) in [4.78, 5) is 4.67. The minimum Gasteiger partial charge on any atom is -0.248 e. The monoisotopic (exact) mass is 324 g/mol. The number of aromatic nitrogens is 5. The second-order valence-electron chi connectivity index (χ2n) is 6.31. The summed E-state index contributed by atoms with van der Waals surface area (Å²) < 4.78 is 6.62. The second-order valence-corrected chi connectivity index (χ2v) is 6.31. The number of nitrogens with zero attached hydrogens (tertiary/aromatic N) is 5. The van der Waals surface area contributed by atoms with E-state index in [9.17, 15) is 0 Å². The van der Waals surface area contributed by atoms with Gasteiger partial charge in [-0.05, 0) is 30.3 Å².